The van der Waals surface area contributed by atoms with Gasteiger partial charge in [0.25, 0.3) is 11.5 Å². The lowest BCUT2D eigenvalue weighted by Crippen LogP contribution is -3.08. The highest BCUT2D eigenvalue weighted by molar-refractivity contribution is 6.31. The van der Waals surface area contributed by atoms with Crippen molar-refractivity contribution in [2.75, 3.05) is 26.0 Å². The zero-order valence-corrected chi connectivity index (χ0v) is 16.7. The third kappa shape index (κ3) is 4.68. The number of aromatic nitrogens is 2. The summed E-state index contributed by atoms with van der Waals surface area (Å²) < 4.78 is 6.76. The fourth-order valence-corrected chi connectivity index (χ4v) is 3.14. The molecular formula is C20H22ClN4O3+. The van der Waals surface area contributed by atoms with Gasteiger partial charge in [-0.1, -0.05) is 17.7 Å². The summed E-state index contributed by atoms with van der Waals surface area (Å²) in [6, 6.07) is 10.3. The van der Waals surface area contributed by atoms with E-state index in [0.29, 0.717) is 34.3 Å². The molecule has 146 valence electrons. The molecule has 7 nitrogen and oxygen atoms in total. The zero-order chi connectivity index (χ0) is 20.3. The molecule has 3 aromatic rings. The third-order valence-corrected chi connectivity index (χ3v) is 4.48. The van der Waals surface area contributed by atoms with Gasteiger partial charge in [-0.3, -0.25) is 14.0 Å². The minimum atomic E-state index is -0.189. The van der Waals surface area contributed by atoms with Gasteiger partial charge in [0.05, 0.1) is 19.8 Å². The molecule has 0 saturated carbocycles. The van der Waals surface area contributed by atoms with E-state index in [1.165, 1.54) is 17.6 Å². The monoisotopic (exact) mass is 401 g/mol. The number of rotatable bonds is 6. The predicted molar refractivity (Wildman–Crippen MR) is 108 cm³/mol. The van der Waals surface area contributed by atoms with Gasteiger partial charge in [-0.2, -0.15) is 0 Å². The Labute approximate surface area is 167 Å². The molecule has 0 saturated heterocycles. The molecule has 0 fully saturated rings. The molecule has 3 rings (SSSR count). The molecule has 0 spiro atoms. The minimum absolute atomic E-state index is 0.135. The molecule has 0 radical (unpaired) electrons. The summed E-state index contributed by atoms with van der Waals surface area (Å²) in [5, 5.41) is 3.32. The van der Waals surface area contributed by atoms with Crippen LogP contribution in [-0.2, 0) is 11.3 Å². The van der Waals surface area contributed by atoms with E-state index in [-0.39, 0.29) is 18.0 Å². The maximum atomic E-state index is 12.4. The number of amides is 1. The Morgan fingerprint density at radius 2 is 2.07 bits per heavy atom. The number of carbonyl (C=O) groups is 1. The average Bonchev–Trinajstić information content (AvgIpc) is 2.62. The molecule has 2 N–H and O–H groups in total. The van der Waals surface area contributed by atoms with Crippen molar-refractivity contribution in [3.63, 3.8) is 0 Å². The summed E-state index contributed by atoms with van der Waals surface area (Å²) in [5.74, 6) is 0.348. The first-order valence-corrected chi connectivity index (χ1v) is 9.17. The number of benzene rings is 1. The van der Waals surface area contributed by atoms with Crippen LogP contribution in [0, 0.1) is 6.92 Å². The predicted octanol–water partition coefficient (Wildman–Crippen LogP) is 1.32. The average molecular weight is 402 g/mol. The summed E-state index contributed by atoms with van der Waals surface area (Å²) in [6.45, 7) is 2.57. The van der Waals surface area contributed by atoms with Crippen LogP contribution in [0.25, 0.3) is 5.65 Å². The number of nitrogens with one attached hydrogen (secondary N) is 2. The molecule has 0 aliphatic rings. The Balaban J connectivity index is 1.68. The van der Waals surface area contributed by atoms with Crippen molar-refractivity contribution in [2.24, 2.45) is 0 Å². The molecular weight excluding hydrogens is 380 g/mol. The fourth-order valence-electron chi connectivity index (χ4n) is 2.97. The van der Waals surface area contributed by atoms with Gasteiger partial charge in [-0.15, -0.1) is 0 Å². The van der Waals surface area contributed by atoms with Crippen LogP contribution in [-0.4, -0.2) is 36.0 Å². The fraction of sp³-hybridized carbons (Fsp3) is 0.250. The lowest BCUT2D eigenvalue weighted by molar-refractivity contribution is -0.885. The van der Waals surface area contributed by atoms with Crippen LogP contribution in [0.5, 0.6) is 5.75 Å². The van der Waals surface area contributed by atoms with Crippen LogP contribution >= 0.6 is 11.6 Å². The number of carbonyl (C=O) groups excluding carboxylic acids is 1. The minimum Gasteiger partial charge on any atom is -0.495 e. The number of halogens is 1. The molecule has 1 unspecified atom stereocenters. The Hall–Kier alpha value is -2.90. The number of nitrogens with zero attached hydrogens (tertiary/aromatic N) is 2. The number of hydrogen-bond acceptors (Lipinski definition) is 4. The van der Waals surface area contributed by atoms with Crippen LogP contribution in [0.4, 0.5) is 5.69 Å². The molecule has 28 heavy (non-hydrogen) atoms. The summed E-state index contributed by atoms with van der Waals surface area (Å²) in [7, 11) is 3.40. The van der Waals surface area contributed by atoms with Gasteiger partial charge in [0.2, 0.25) is 0 Å². The molecule has 0 aliphatic carbocycles. The largest absolute Gasteiger partial charge is 0.495 e. The molecule has 1 aromatic carbocycles. The number of hydrogen-bond donors (Lipinski definition) is 2. The van der Waals surface area contributed by atoms with Gasteiger partial charge in [0.1, 0.15) is 23.6 Å². The highest BCUT2D eigenvalue weighted by Gasteiger charge is 2.15. The number of quaternary nitrogens is 1. The van der Waals surface area contributed by atoms with Crippen molar-refractivity contribution in [3.8, 4) is 5.75 Å². The number of fused-ring (bicyclic) bond motifs is 1. The molecule has 1 amide bonds. The topological polar surface area (TPSA) is 77.1 Å². The Bertz CT molecular complexity index is 1080. The van der Waals surface area contributed by atoms with E-state index in [2.05, 4.69) is 10.3 Å². The molecule has 8 heteroatoms. The molecule has 0 bridgehead atoms. The van der Waals surface area contributed by atoms with Gasteiger partial charge in [0, 0.05) is 17.3 Å². The maximum Gasteiger partial charge on any atom is 0.279 e. The lowest BCUT2D eigenvalue weighted by atomic mass is 10.3. The number of aryl methyl sites for hydroxylation is 1. The van der Waals surface area contributed by atoms with Crippen LogP contribution in [0.15, 0.2) is 47.4 Å². The summed E-state index contributed by atoms with van der Waals surface area (Å²) in [5.41, 5.74) is 2.60. The van der Waals surface area contributed by atoms with E-state index >= 15 is 0 Å². The number of likely N-dealkylation sites (N-methyl/N-ethyl adjacent to an activating group) is 1. The van der Waals surface area contributed by atoms with Crippen molar-refractivity contribution in [1.82, 2.24) is 9.38 Å². The second kappa shape index (κ2) is 8.41. The Morgan fingerprint density at radius 3 is 2.82 bits per heavy atom. The van der Waals surface area contributed by atoms with Gasteiger partial charge < -0.3 is 15.0 Å². The highest BCUT2D eigenvalue weighted by Crippen LogP contribution is 2.27. The van der Waals surface area contributed by atoms with Crippen LogP contribution in [0.3, 0.4) is 0 Å². The van der Waals surface area contributed by atoms with E-state index in [9.17, 15) is 9.59 Å². The van der Waals surface area contributed by atoms with Crippen LogP contribution in [0.2, 0.25) is 5.02 Å². The zero-order valence-electron chi connectivity index (χ0n) is 16.0. The van der Waals surface area contributed by atoms with Crippen molar-refractivity contribution in [1.29, 1.82) is 0 Å². The van der Waals surface area contributed by atoms with Crippen molar-refractivity contribution in [3.05, 3.63) is 69.2 Å². The second-order valence-corrected chi connectivity index (χ2v) is 7.16. The van der Waals surface area contributed by atoms with Gasteiger partial charge in [-0.05, 0) is 36.8 Å². The normalized spacial score (nSPS) is 12.0. The first-order chi connectivity index (χ1) is 13.4. The van der Waals surface area contributed by atoms with E-state index in [0.717, 1.165) is 10.5 Å². The summed E-state index contributed by atoms with van der Waals surface area (Å²) in [4.78, 5) is 30.1. The van der Waals surface area contributed by atoms with Gasteiger partial charge >= 0.3 is 0 Å². The Kier molecular flexibility index (Phi) is 5.96. The number of anilines is 1. The number of methoxy groups -OCH3 is 1. The summed E-state index contributed by atoms with van der Waals surface area (Å²) >= 11 is 5.99. The number of ether oxygens (including phenoxy) is 1. The van der Waals surface area contributed by atoms with Crippen LogP contribution < -0.4 is 20.5 Å². The standard InChI is InChI=1S/C20H21ClN4O3/c1-13-4-7-18-22-15(9-20(27)25(18)10-13)11-24(2)12-19(26)23-16-8-14(21)5-6-17(16)28-3/h4-10H,11-12H2,1-3H3,(H,23,26)/p+1. The lowest BCUT2D eigenvalue weighted by Gasteiger charge is -2.15. The van der Waals surface area contributed by atoms with Gasteiger partial charge in [0.15, 0.2) is 6.54 Å². The van der Waals surface area contributed by atoms with E-state index in [4.69, 9.17) is 16.3 Å². The second-order valence-electron chi connectivity index (χ2n) is 6.72. The molecule has 2 heterocycles. The first-order valence-electron chi connectivity index (χ1n) is 8.79. The van der Waals surface area contributed by atoms with Crippen molar-refractivity contribution in [2.45, 2.75) is 13.5 Å². The van der Waals surface area contributed by atoms with E-state index in [1.807, 2.05) is 26.1 Å². The van der Waals surface area contributed by atoms with Crippen molar-refractivity contribution < 1.29 is 14.4 Å². The first kappa shape index (κ1) is 19.9. The highest BCUT2D eigenvalue weighted by atomic mass is 35.5. The van der Waals surface area contributed by atoms with E-state index < -0.39 is 0 Å². The Morgan fingerprint density at radius 1 is 1.29 bits per heavy atom. The summed E-state index contributed by atoms with van der Waals surface area (Å²) in [6.07, 6.45) is 1.76. The van der Waals surface area contributed by atoms with Gasteiger partial charge in [-0.25, -0.2) is 4.98 Å². The quantitative estimate of drug-likeness (QED) is 0.653. The van der Waals surface area contributed by atoms with E-state index in [1.54, 1.807) is 24.4 Å². The van der Waals surface area contributed by atoms with Crippen molar-refractivity contribution >= 4 is 28.8 Å². The molecule has 1 atom stereocenters. The SMILES string of the molecule is COc1ccc(Cl)cc1NC(=O)C[NH+](C)Cc1cc(=O)n2cc(C)ccc2n1. The number of pyridine rings is 1. The molecule has 0 aliphatic heterocycles. The maximum absolute atomic E-state index is 12.4. The van der Waals surface area contributed by atoms with Crippen LogP contribution in [0.1, 0.15) is 11.3 Å². The molecule has 2 aromatic heterocycles. The third-order valence-electron chi connectivity index (χ3n) is 4.24. The smallest absolute Gasteiger partial charge is 0.279 e.